The molecule has 0 fully saturated rings. The van der Waals surface area contributed by atoms with E-state index < -0.39 is 11.6 Å². The molecule has 0 bridgehead atoms. The van der Waals surface area contributed by atoms with Crippen LogP contribution < -0.4 is 16.2 Å². The Hall–Kier alpha value is -2.70. The van der Waals surface area contributed by atoms with Gasteiger partial charge < -0.3 is 15.2 Å². The van der Waals surface area contributed by atoms with E-state index in [-0.39, 0.29) is 17.7 Å². The van der Waals surface area contributed by atoms with E-state index in [0.717, 1.165) is 31.0 Å². The standard InChI is InChI=1S/C18H22F2N4O/c1-21-18(23-13-14-12-15(19)7-8-16(14)20)22-9-3-5-11-24-10-4-2-6-17(24)25/h2,4,6-8,10,12H,3,5,9,11,13H2,1H3,(H2,21,22,23). The SMILES string of the molecule is CN=C(NCCCCn1ccccc1=O)NCc1cc(F)ccc1F. The predicted octanol–water partition coefficient (Wildman–Crippen LogP) is 2.27. The Morgan fingerprint density at radius 2 is 2.00 bits per heavy atom. The van der Waals surface area contributed by atoms with Crippen LogP contribution in [-0.2, 0) is 13.1 Å². The van der Waals surface area contributed by atoms with Crippen molar-refractivity contribution in [1.82, 2.24) is 15.2 Å². The summed E-state index contributed by atoms with van der Waals surface area (Å²) >= 11 is 0. The average Bonchev–Trinajstić information content (AvgIpc) is 2.61. The molecule has 2 rings (SSSR count). The monoisotopic (exact) mass is 348 g/mol. The van der Waals surface area contributed by atoms with Crippen molar-refractivity contribution >= 4 is 5.96 Å². The highest BCUT2D eigenvalue weighted by molar-refractivity contribution is 5.79. The zero-order valence-corrected chi connectivity index (χ0v) is 14.1. The number of guanidine groups is 1. The van der Waals surface area contributed by atoms with Crippen LogP contribution in [0.1, 0.15) is 18.4 Å². The van der Waals surface area contributed by atoms with Gasteiger partial charge >= 0.3 is 0 Å². The van der Waals surface area contributed by atoms with Gasteiger partial charge in [0.05, 0.1) is 0 Å². The summed E-state index contributed by atoms with van der Waals surface area (Å²) in [5, 5.41) is 6.06. The number of pyridine rings is 1. The molecule has 25 heavy (non-hydrogen) atoms. The van der Waals surface area contributed by atoms with Gasteiger partial charge in [-0.3, -0.25) is 9.79 Å². The highest BCUT2D eigenvalue weighted by Gasteiger charge is 2.05. The van der Waals surface area contributed by atoms with Crippen LogP contribution in [0.3, 0.4) is 0 Å². The molecule has 0 unspecified atom stereocenters. The molecule has 1 aromatic heterocycles. The number of aryl methyl sites for hydroxylation is 1. The fourth-order valence-corrected chi connectivity index (χ4v) is 2.34. The minimum atomic E-state index is -0.475. The van der Waals surface area contributed by atoms with Crippen molar-refractivity contribution in [2.75, 3.05) is 13.6 Å². The average molecular weight is 348 g/mol. The summed E-state index contributed by atoms with van der Waals surface area (Å²) in [5.41, 5.74) is 0.233. The van der Waals surface area contributed by atoms with Crippen LogP contribution in [0.15, 0.2) is 52.4 Å². The third-order valence-electron chi connectivity index (χ3n) is 3.69. The largest absolute Gasteiger partial charge is 0.356 e. The van der Waals surface area contributed by atoms with Crippen molar-refractivity contribution in [2.24, 2.45) is 4.99 Å². The topological polar surface area (TPSA) is 58.4 Å². The quantitative estimate of drug-likeness (QED) is 0.458. The molecular formula is C18H22F2N4O. The van der Waals surface area contributed by atoms with Crippen molar-refractivity contribution in [3.63, 3.8) is 0 Å². The van der Waals surface area contributed by atoms with E-state index in [1.165, 1.54) is 6.07 Å². The zero-order valence-electron chi connectivity index (χ0n) is 14.1. The first-order chi connectivity index (χ1) is 12.1. The van der Waals surface area contributed by atoms with Crippen LogP contribution in [0.4, 0.5) is 8.78 Å². The van der Waals surface area contributed by atoms with Crippen LogP contribution in [-0.4, -0.2) is 24.1 Å². The van der Waals surface area contributed by atoms with E-state index in [0.29, 0.717) is 19.0 Å². The molecule has 134 valence electrons. The molecule has 0 atom stereocenters. The fourth-order valence-electron chi connectivity index (χ4n) is 2.34. The molecule has 1 heterocycles. The molecule has 0 radical (unpaired) electrons. The molecule has 2 N–H and O–H groups in total. The molecule has 0 aliphatic carbocycles. The lowest BCUT2D eigenvalue weighted by Gasteiger charge is -2.12. The summed E-state index contributed by atoms with van der Waals surface area (Å²) < 4.78 is 28.4. The Bertz CT molecular complexity index is 774. The van der Waals surface area contributed by atoms with Crippen molar-refractivity contribution in [3.8, 4) is 0 Å². The van der Waals surface area contributed by atoms with Gasteiger partial charge in [-0.25, -0.2) is 8.78 Å². The van der Waals surface area contributed by atoms with Gasteiger partial charge in [0.1, 0.15) is 11.6 Å². The summed E-state index contributed by atoms with van der Waals surface area (Å²) in [7, 11) is 1.61. The second-order valence-electron chi connectivity index (χ2n) is 5.53. The number of halogens is 2. The number of aromatic nitrogens is 1. The van der Waals surface area contributed by atoms with Crippen LogP contribution in [0.25, 0.3) is 0 Å². The van der Waals surface area contributed by atoms with Crippen LogP contribution >= 0.6 is 0 Å². The van der Waals surface area contributed by atoms with Crippen LogP contribution in [0.5, 0.6) is 0 Å². The lowest BCUT2D eigenvalue weighted by Crippen LogP contribution is -2.37. The van der Waals surface area contributed by atoms with Crippen molar-refractivity contribution in [3.05, 3.63) is 70.1 Å². The molecular weight excluding hydrogens is 326 g/mol. The molecule has 0 aliphatic heterocycles. The number of benzene rings is 1. The second-order valence-corrected chi connectivity index (χ2v) is 5.53. The van der Waals surface area contributed by atoms with Crippen LogP contribution in [0, 0.1) is 11.6 Å². The first kappa shape index (κ1) is 18.6. The van der Waals surface area contributed by atoms with Gasteiger partial charge in [-0.15, -0.1) is 0 Å². The number of rotatable bonds is 7. The maximum absolute atomic E-state index is 13.6. The fraction of sp³-hybridized carbons (Fsp3) is 0.333. The van der Waals surface area contributed by atoms with E-state index in [1.54, 1.807) is 23.9 Å². The van der Waals surface area contributed by atoms with Crippen molar-refractivity contribution in [1.29, 1.82) is 0 Å². The van der Waals surface area contributed by atoms with Gasteiger partial charge in [0, 0.05) is 44.5 Å². The number of hydrogen-bond donors (Lipinski definition) is 2. The third kappa shape index (κ3) is 6.02. The molecule has 2 aromatic rings. The Balaban J connectivity index is 1.71. The van der Waals surface area contributed by atoms with E-state index in [4.69, 9.17) is 0 Å². The van der Waals surface area contributed by atoms with E-state index in [1.807, 2.05) is 6.07 Å². The van der Waals surface area contributed by atoms with E-state index in [9.17, 15) is 13.6 Å². The van der Waals surface area contributed by atoms with Crippen molar-refractivity contribution in [2.45, 2.75) is 25.9 Å². The Morgan fingerprint density at radius 3 is 2.76 bits per heavy atom. The van der Waals surface area contributed by atoms with Crippen LogP contribution in [0.2, 0.25) is 0 Å². The van der Waals surface area contributed by atoms with E-state index in [2.05, 4.69) is 15.6 Å². The summed E-state index contributed by atoms with van der Waals surface area (Å²) in [5.74, 6) is -0.421. The molecule has 0 saturated carbocycles. The minimum absolute atomic E-state index is 0.00921. The number of nitrogens with one attached hydrogen (secondary N) is 2. The highest BCUT2D eigenvalue weighted by atomic mass is 19.1. The Kier molecular flexibility index (Phi) is 7.13. The molecule has 0 aliphatic rings. The molecule has 0 amide bonds. The summed E-state index contributed by atoms with van der Waals surface area (Å²) in [6, 6.07) is 8.44. The molecule has 5 nitrogen and oxygen atoms in total. The third-order valence-corrected chi connectivity index (χ3v) is 3.69. The Morgan fingerprint density at radius 1 is 1.16 bits per heavy atom. The zero-order chi connectivity index (χ0) is 18.1. The van der Waals surface area contributed by atoms with Gasteiger partial charge in [-0.05, 0) is 37.1 Å². The van der Waals surface area contributed by atoms with Gasteiger partial charge in [0.2, 0.25) is 5.56 Å². The van der Waals surface area contributed by atoms with Gasteiger partial charge in [-0.1, -0.05) is 6.07 Å². The summed E-state index contributed by atoms with van der Waals surface area (Å²) in [6.45, 7) is 1.46. The number of nitrogens with zero attached hydrogens (tertiary/aromatic N) is 2. The molecule has 7 heteroatoms. The lowest BCUT2D eigenvalue weighted by atomic mass is 10.2. The number of aliphatic imine (C=N–C) groups is 1. The van der Waals surface area contributed by atoms with Gasteiger partial charge in [0.15, 0.2) is 5.96 Å². The summed E-state index contributed by atoms with van der Waals surface area (Å²) in [6.07, 6.45) is 3.45. The van der Waals surface area contributed by atoms with E-state index >= 15 is 0 Å². The van der Waals surface area contributed by atoms with Gasteiger partial charge in [0.25, 0.3) is 0 Å². The normalized spacial score (nSPS) is 11.4. The number of unbranched alkanes of at least 4 members (excludes halogenated alkanes) is 1. The smallest absolute Gasteiger partial charge is 0.250 e. The summed E-state index contributed by atoms with van der Waals surface area (Å²) in [4.78, 5) is 15.6. The molecule has 0 saturated heterocycles. The van der Waals surface area contributed by atoms with Gasteiger partial charge in [-0.2, -0.15) is 0 Å². The maximum Gasteiger partial charge on any atom is 0.250 e. The first-order valence-corrected chi connectivity index (χ1v) is 8.14. The first-order valence-electron chi connectivity index (χ1n) is 8.14. The minimum Gasteiger partial charge on any atom is -0.356 e. The Labute approximate surface area is 145 Å². The lowest BCUT2D eigenvalue weighted by molar-refractivity contribution is 0.577. The second kappa shape index (κ2) is 9.56. The predicted molar refractivity (Wildman–Crippen MR) is 94.5 cm³/mol. The van der Waals surface area contributed by atoms with Crippen molar-refractivity contribution < 1.29 is 8.78 Å². The molecule has 0 spiro atoms. The highest BCUT2D eigenvalue weighted by Crippen LogP contribution is 2.09. The molecule has 1 aromatic carbocycles. The maximum atomic E-state index is 13.6. The number of hydrogen-bond acceptors (Lipinski definition) is 2.